The van der Waals surface area contributed by atoms with Gasteiger partial charge in [-0.05, 0) is 6.07 Å². The number of benzene rings is 1. The summed E-state index contributed by atoms with van der Waals surface area (Å²) in [6.45, 7) is 0. The number of aromatic nitrogens is 1. The molecule has 0 saturated carbocycles. The van der Waals surface area contributed by atoms with Gasteiger partial charge in [0.05, 0.1) is 17.5 Å². The van der Waals surface area contributed by atoms with Crippen molar-refractivity contribution in [2.24, 2.45) is 5.73 Å². The van der Waals surface area contributed by atoms with E-state index >= 15 is 0 Å². The second-order valence-electron chi connectivity index (χ2n) is 3.87. The average molecular weight is 264 g/mol. The first-order valence-corrected chi connectivity index (χ1v) is 7.03. The summed E-state index contributed by atoms with van der Waals surface area (Å²) < 4.78 is 24.4. The van der Waals surface area contributed by atoms with Crippen molar-refractivity contribution in [2.75, 3.05) is 6.26 Å². The fourth-order valence-electron chi connectivity index (χ4n) is 1.77. The monoisotopic (exact) mass is 264 g/mol. The zero-order chi connectivity index (χ0) is 13.3. The largest absolute Gasteiger partial charge is 0.366 e. The summed E-state index contributed by atoms with van der Waals surface area (Å²) in [4.78, 5) is 11.3. The van der Waals surface area contributed by atoms with Crippen molar-refractivity contribution in [3.8, 4) is 11.3 Å². The summed E-state index contributed by atoms with van der Waals surface area (Å²) in [7, 11) is -3.49. The van der Waals surface area contributed by atoms with Crippen LogP contribution < -0.4 is 5.73 Å². The normalized spacial score (nSPS) is 11.4. The van der Waals surface area contributed by atoms with E-state index in [-0.39, 0.29) is 5.56 Å². The topological polar surface area (TPSA) is 82.2 Å². The molecule has 0 spiro atoms. The Labute approximate surface area is 105 Å². The van der Waals surface area contributed by atoms with E-state index in [0.29, 0.717) is 11.3 Å². The van der Waals surface area contributed by atoms with Crippen LogP contribution in [-0.4, -0.2) is 24.6 Å². The Morgan fingerprint density at radius 3 is 2.28 bits per heavy atom. The van der Waals surface area contributed by atoms with E-state index in [1.165, 1.54) is 12.3 Å². The molecule has 0 radical (unpaired) electrons. The van der Waals surface area contributed by atoms with Crippen LogP contribution in [0.15, 0.2) is 42.6 Å². The van der Waals surface area contributed by atoms with Crippen LogP contribution in [0, 0.1) is 0 Å². The number of primary amides is 1. The Balaban J connectivity index is 2.78. The molecule has 0 fully saturated rings. The Kier molecular flexibility index (Phi) is 2.96. The van der Waals surface area contributed by atoms with Gasteiger partial charge in [0.2, 0.25) is 10.0 Å². The summed E-state index contributed by atoms with van der Waals surface area (Å²) in [6, 6.07) is 10.2. The molecule has 6 heteroatoms. The van der Waals surface area contributed by atoms with Crippen LogP contribution in [0.1, 0.15) is 10.4 Å². The van der Waals surface area contributed by atoms with E-state index in [0.717, 1.165) is 10.2 Å². The molecule has 94 valence electrons. The number of hydrogen-bond donors (Lipinski definition) is 1. The van der Waals surface area contributed by atoms with Gasteiger partial charge >= 0.3 is 0 Å². The summed E-state index contributed by atoms with van der Waals surface area (Å²) in [5, 5.41) is 0. The minimum atomic E-state index is -3.49. The lowest BCUT2D eigenvalue weighted by atomic mass is 10.1. The van der Waals surface area contributed by atoms with E-state index in [1.807, 2.05) is 0 Å². The Morgan fingerprint density at radius 2 is 1.78 bits per heavy atom. The molecule has 0 saturated heterocycles. The highest BCUT2D eigenvalue weighted by Crippen LogP contribution is 2.25. The van der Waals surface area contributed by atoms with Crippen LogP contribution >= 0.6 is 0 Å². The third-order valence-corrected chi connectivity index (χ3v) is 3.54. The van der Waals surface area contributed by atoms with Crippen LogP contribution in [0.5, 0.6) is 0 Å². The summed E-state index contributed by atoms with van der Waals surface area (Å²) >= 11 is 0. The number of nitrogens with zero attached hydrogens (tertiary/aromatic N) is 1. The van der Waals surface area contributed by atoms with Gasteiger partial charge in [0.25, 0.3) is 5.91 Å². The maximum Gasteiger partial charge on any atom is 0.250 e. The lowest BCUT2D eigenvalue weighted by Crippen LogP contribution is -2.15. The van der Waals surface area contributed by atoms with Crippen molar-refractivity contribution in [3.63, 3.8) is 0 Å². The molecule has 5 nitrogen and oxygen atoms in total. The summed E-state index contributed by atoms with van der Waals surface area (Å²) in [5.74, 6) is -0.656. The van der Waals surface area contributed by atoms with Gasteiger partial charge in [-0.1, -0.05) is 30.3 Å². The predicted molar refractivity (Wildman–Crippen MR) is 68.6 cm³/mol. The maximum absolute atomic E-state index is 11.7. The highest BCUT2D eigenvalue weighted by molar-refractivity contribution is 7.89. The lowest BCUT2D eigenvalue weighted by Gasteiger charge is -2.08. The van der Waals surface area contributed by atoms with Gasteiger partial charge in [-0.25, -0.2) is 12.4 Å². The molecule has 1 aromatic heterocycles. The molecular weight excluding hydrogens is 252 g/mol. The molecule has 2 N–H and O–H groups in total. The number of carbonyl (C=O) groups is 1. The first-order chi connectivity index (χ1) is 8.41. The smallest absolute Gasteiger partial charge is 0.250 e. The molecule has 0 atom stereocenters. The van der Waals surface area contributed by atoms with Gasteiger partial charge in [0.1, 0.15) is 0 Å². The molecule has 0 bridgehead atoms. The summed E-state index contributed by atoms with van der Waals surface area (Å²) in [6.07, 6.45) is 2.40. The third-order valence-electron chi connectivity index (χ3n) is 2.52. The predicted octanol–water partition coefficient (Wildman–Crippen LogP) is 1.06. The van der Waals surface area contributed by atoms with Crippen LogP contribution in [0.4, 0.5) is 0 Å². The highest BCUT2D eigenvalue weighted by atomic mass is 32.2. The number of nitrogens with two attached hydrogens (primary N) is 1. The number of carbonyl (C=O) groups excluding carboxylic acids is 1. The zero-order valence-electron chi connectivity index (χ0n) is 9.70. The SMILES string of the molecule is CS(=O)(=O)n1ccc(C(N)=O)c1-c1ccccc1. The fraction of sp³-hybridized carbons (Fsp3) is 0.0833. The molecule has 2 aromatic rings. The van der Waals surface area contributed by atoms with Gasteiger partial charge in [0, 0.05) is 11.8 Å². The van der Waals surface area contributed by atoms with E-state index in [2.05, 4.69) is 0 Å². The third kappa shape index (κ3) is 2.14. The maximum atomic E-state index is 11.7. The standard InChI is InChI=1S/C12H12N2O3S/c1-18(16,17)14-8-7-10(12(13)15)11(14)9-5-3-2-4-6-9/h2-8H,1H3,(H2,13,15). The van der Waals surface area contributed by atoms with Crippen LogP contribution in [-0.2, 0) is 10.0 Å². The van der Waals surface area contributed by atoms with Crippen LogP contribution in [0.25, 0.3) is 11.3 Å². The quantitative estimate of drug-likeness (QED) is 0.900. The second kappa shape index (κ2) is 4.30. The lowest BCUT2D eigenvalue weighted by molar-refractivity contribution is 0.100. The number of amides is 1. The Morgan fingerprint density at radius 1 is 1.17 bits per heavy atom. The van der Waals surface area contributed by atoms with Crippen molar-refractivity contribution in [1.29, 1.82) is 0 Å². The van der Waals surface area contributed by atoms with Crippen molar-refractivity contribution < 1.29 is 13.2 Å². The molecule has 1 aromatic carbocycles. The fourth-order valence-corrected chi connectivity index (χ4v) is 2.59. The molecular formula is C12H12N2O3S. The molecule has 1 amide bonds. The van der Waals surface area contributed by atoms with Gasteiger partial charge in [-0.3, -0.25) is 4.79 Å². The van der Waals surface area contributed by atoms with Gasteiger partial charge in [-0.2, -0.15) is 0 Å². The molecule has 1 heterocycles. The first-order valence-electron chi connectivity index (χ1n) is 5.18. The van der Waals surface area contributed by atoms with Crippen molar-refractivity contribution in [1.82, 2.24) is 3.97 Å². The van der Waals surface area contributed by atoms with Gasteiger partial charge < -0.3 is 5.73 Å². The minimum absolute atomic E-state index is 0.187. The Hall–Kier alpha value is -2.08. The molecule has 0 aliphatic carbocycles. The van der Waals surface area contributed by atoms with Crippen molar-refractivity contribution in [3.05, 3.63) is 48.2 Å². The van der Waals surface area contributed by atoms with Crippen molar-refractivity contribution >= 4 is 15.9 Å². The number of rotatable bonds is 3. The first kappa shape index (κ1) is 12.4. The number of hydrogen-bond acceptors (Lipinski definition) is 3. The molecule has 18 heavy (non-hydrogen) atoms. The highest BCUT2D eigenvalue weighted by Gasteiger charge is 2.19. The zero-order valence-corrected chi connectivity index (χ0v) is 10.5. The molecule has 0 aliphatic rings. The van der Waals surface area contributed by atoms with Crippen LogP contribution in [0.3, 0.4) is 0 Å². The summed E-state index contributed by atoms with van der Waals surface area (Å²) in [5.41, 5.74) is 6.37. The average Bonchev–Trinajstić information content (AvgIpc) is 2.74. The minimum Gasteiger partial charge on any atom is -0.366 e. The van der Waals surface area contributed by atoms with E-state index in [4.69, 9.17) is 5.73 Å². The molecule has 0 aliphatic heterocycles. The van der Waals surface area contributed by atoms with Crippen molar-refractivity contribution in [2.45, 2.75) is 0 Å². The van der Waals surface area contributed by atoms with E-state index in [9.17, 15) is 13.2 Å². The van der Waals surface area contributed by atoms with Gasteiger partial charge in [-0.15, -0.1) is 0 Å². The van der Waals surface area contributed by atoms with Crippen LogP contribution in [0.2, 0.25) is 0 Å². The molecule has 0 unspecified atom stereocenters. The molecule has 2 rings (SSSR count). The van der Waals surface area contributed by atoms with E-state index in [1.54, 1.807) is 30.3 Å². The van der Waals surface area contributed by atoms with E-state index < -0.39 is 15.9 Å². The second-order valence-corrected chi connectivity index (χ2v) is 5.73. The Bertz CT molecular complexity index is 687. The van der Waals surface area contributed by atoms with Gasteiger partial charge in [0.15, 0.2) is 0 Å².